The van der Waals surface area contributed by atoms with E-state index in [1.807, 2.05) is 0 Å². The lowest BCUT2D eigenvalue weighted by Gasteiger charge is -2.34. The summed E-state index contributed by atoms with van der Waals surface area (Å²) in [6.07, 6.45) is 2.32. The molecule has 0 amide bonds. The number of hydrogen-bond donors (Lipinski definition) is 1. The van der Waals surface area contributed by atoms with Gasteiger partial charge in [-0.1, -0.05) is 38.5 Å². The lowest BCUT2D eigenvalue weighted by atomic mass is 10.0. The van der Waals surface area contributed by atoms with E-state index < -0.39 is 0 Å². The first-order valence-corrected chi connectivity index (χ1v) is 8.23. The summed E-state index contributed by atoms with van der Waals surface area (Å²) in [5.74, 6) is 0. The van der Waals surface area contributed by atoms with Gasteiger partial charge in [-0.2, -0.15) is 0 Å². The molecule has 0 aliphatic rings. The largest absolute Gasteiger partial charge is 0.383 e. The molecular formula is C18H32N2O. The van der Waals surface area contributed by atoms with Gasteiger partial charge in [0, 0.05) is 31.9 Å². The number of rotatable bonds is 10. The predicted octanol–water partition coefficient (Wildman–Crippen LogP) is 3.75. The van der Waals surface area contributed by atoms with Gasteiger partial charge in [0.05, 0.1) is 6.61 Å². The first-order chi connectivity index (χ1) is 10.2. The van der Waals surface area contributed by atoms with Crippen LogP contribution in [0.25, 0.3) is 0 Å². The van der Waals surface area contributed by atoms with Gasteiger partial charge in [-0.3, -0.25) is 0 Å². The van der Waals surface area contributed by atoms with Crippen LogP contribution in [0.15, 0.2) is 18.2 Å². The number of anilines is 1. The van der Waals surface area contributed by atoms with Crippen molar-refractivity contribution < 1.29 is 4.74 Å². The minimum absolute atomic E-state index is 0.572. The van der Waals surface area contributed by atoms with E-state index in [4.69, 9.17) is 4.74 Å². The highest BCUT2D eigenvalue weighted by atomic mass is 16.5. The molecule has 0 aliphatic heterocycles. The Morgan fingerprint density at radius 1 is 1.19 bits per heavy atom. The molecule has 1 rings (SSSR count). The zero-order valence-corrected chi connectivity index (χ0v) is 14.4. The van der Waals surface area contributed by atoms with Crippen LogP contribution in [0, 0.1) is 6.92 Å². The van der Waals surface area contributed by atoms with E-state index in [9.17, 15) is 0 Å². The Labute approximate surface area is 130 Å². The maximum atomic E-state index is 5.32. The Morgan fingerprint density at radius 3 is 2.48 bits per heavy atom. The van der Waals surface area contributed by atoms with E-state index in [-0.39, 0.29) is 0 Å². The summed E-state index contributed by atoms with van der Waals surface area (Å²) < 4.78 is 5.32. The number of hydrogen-bond acceptors (Lipinski definition) is 3. The molecule has 1 N–H and O–H groups in total. The van der Waals surface area contributed by atoms with Gasteiger partial charge in [0.15, 0.2) is 0 Å². The monoisotopic (exact) mass is 292 g/mol. The highest BCUT2D eigenvalue weighted by Gasteiger charge is 2.18. The quantitative estimate of drug-likeness (QED) is 0.711. The van der Waals surface area contributed by atoms with Gasteiger partial charge in [0.2, 0.25) is 0 Å². The van der Waals surface area contributed by atoms with E-state index in [1.165, 1.54) is 16.8 Å². The minimum Gasteiger partial charge on any atom is -0.383 e. The van der Waals surface area contributed by atoms with Gasteiger partial charge in [-0.05, 0) is 37.9 Å². The number of ether oxygens (including phenoxy) is 1. The van der Waals surface area contributed by atoms with E-state index in [0.29, 0.717) is 6.04 Å². The fourth-order valence-electron chi connectivity index (χ4n) is 2.81. The average Bonchev–Trinajstić information content (AvgIpc) is 2.50. The predicted molar refractivity (Wildman–Crippen MR) is 92.2 cm³/mol. The smallest absolute Gasteiger partial charge is 0.0637 e. The number of benzene rings is 1. The second kappa shape index (κ2) is 9.80. The summed E-state index contributed by atoms with van der Waals surface area (Å²) in [5, 5.41) is 3.46. The molecule has 0 saturated carbocycles. The fourth-order valence-corrected chi connectivity index (χ4v) is 2.81. The molecule has 0 atom stereocenters. The Balaban J connectivity index is 3.08. The normalized spacial score (nSPS) is 11.1. The molecule has 0 saturated heterocycles. The van der Waals surface area contributed by atoms with Crippen molar-refractivity contribution in [3.05, 3.63) is 29.3 Å². The highest BCUT2D eigenvalue weighted by Crippen LogP contribution is 2.26. The van der Waals surface area contributed by atoms with Gasteiger partial charge in [0.1, 0.15) is 0 Å². The molecular weight excluding hydrogens is 260 g/mol. The summed E-state index contributed by atoms with van der Waals surface area (Å²) in [5.41, 5.74) is 4.06. The van der Waals surface area contributed by atoms with E-state index in [2.05, 4.69) is 56.1 Å². The Bertz CT molecular complexity index is 402. The first-order valence-electron chi connectivity index (χ1n) is 8.23. The molecule has 0 spiro atoms. The fraction of sp³-hybridized carbons (Fsp3) is 0.667. The molecule has 0 fully saturated rings. The Kier molecular flexibility index (Phi) is 8.40. The van der Waals surface area contributed by atoms with Crippen molar-refractivity contribution in [3.8, 4) is 0 Å². The zero-order valence-electron chi connectivity index (χ0n) is 14.4. The molecule has 0 bridgehead atoms. The topological polar surface area (TPSA) is 24.5 Å². The van der Waals surface area contributed by atoms with Gasteiger partial charge in [-0.15, -0.1) is 0 Å². The lowest BCUT2D eigenvalue weighted by Crippen LogP contribution is -2.38. The van der Waals surface area contributed by atoms with Crippen LogP contribution in [0.5, 0.6) is 0 Å². The summed E-state index contributed by atoms with van der Waals surface area (Å²) >= 11 is 0. The third-order valence-electron chi connectivity index (χ3n) is 4.03. The van der Waals surface area contributed by atoms with Crippen molar-refractivity contribution in [2.75, 3.05) is 31.7 Å². The SMILES string of the molecule is CCNCc1cc(C)ccc1N(CCOC)C(CC)CC. The van der Waals surface area contributed by atoms with Gasteiger partial charge in [0.25, 0.3) is 0 Å². The molecule has 1 aromatic carbocycles. The molecule has 3 nitrogen and oxygen atoms in total. The molecule has 120 valence electrons. The second-order valence-electron chi connectivity index (χ2n) is 5.57. The molecule has 0 aliphatic carbocycles. The van der Waals surface area contributed by atoms with Crippen LogP contribution in [0.2, 0.25) is 0 Å². The number of aryl methyl sites for hydroxylation is 1. The summed E-state index contributed by atoms with van der Waals surface area (Å²) in [7, 11) is 1.78. The van der Waals surface area contributed by atoms with Crippen LogP contribution in [0.4, 0.5) is 5.69 Å². The van der Waals surface area contributed by atoms with Crippen LogP contribution >= 0.6 is 0 Å². The van der Waals surface area contributed by atoms with Crippen molar-refractivity contribution in [1.29, 1.82) is 0 Å². The Morgan fingerprint density at radius 2 is 1.90 bits per heavy atom. The zero-order chi connectivity index (χ0) is 15.7. The highest BCUT2D eigenvalue weighted by molar-refractivity contribution is 5.56. The molecule has 0 heterocycles. The minimum atomic E-state index is 0.572. The molecule has 0 unspecified atom stereocenters. The van der Waals surface area contributed by atoms with E-state index in [0.717, 1.165) is 39.1 Å². The summed E-state index contributed by atoms with van der Waals surface area (Å²) in [6, 6.07) is 7.37. The first kappa shape index (κ1) is 18.0. The van der Waals surface area contributed by atoms with Gasteiger partial charge < -0.3 is 15.0 Å². The lowest BCUT2D eigenvalue weighted by molar-refractivity contribution is 0.202. The van der Waals surface area contributed by atoms with Crippen molar-refractivity contribution in [2.45, 2.75) is 53.1 Å². The third kappa shape index (κ3) is 5.33. The number of nitrogens with zero attached hydrogens (tertiary/aromatic N) is 1. The van der Waals surface area contributed by atoms with Crippen LogP contribution < -0.4 is 10.2 Å². The van der Waals surface area contributed by atoms with Crippen molar-refractivity contribution in [3.63, 3.8) is 0 Å². The van der Waals surface area contributed by atoms with E-state index in [1.54, 1.807) is 7.11 Å². The molecule has 21 heavy (non-hydrogen) atoms. The van der Waals surface area contributed by atoms with Crippen LogP contribution in [0.3, 0.4) is 0 Å². The molecule has 0 radical (unpaired) electrons. The summed E-state index contributed by atoms with van der Waals surface area (Å²) in [4.78, 5) is 2.52. The standard InChI is InChI=1S/C18H32N2O/c1-6-17(7-2)20(11-12-21-5)18-10-9-15(4)13-16(18)14-19-8-3/h9-10,13,17,19H,6-8,11-12,14H2,1-5H3. The summed E-state index contributed by atoms with van der Waals surface area (Å²) in [6.45, 7) is 12.5. The van der Waals surface area contributed by atoms with Crippen molar-refractivity contribution in [2.24, 2.45) is 0 Å². The van der Waals surface area contributed by atoms with Crippen LogP contribution in [-0.4, -0.2) is 32.8 Å². The van der Waals surface area contributed by atoms with Crippen molar-refractivity contribution >= 4 is 5.69 Å². The number of nitrogens with one attached hydrogen (secondary N) is 1. The third-order valence-corrected chi connectivity index (χ3v) is 4.03. The number of methoxy groups -OCH3 is 1. The maximum absolute atomic E-state index is 5.32. The Hall–Kier alpha value is -1.06. The molecule has 0 aromatic heterocycles. The van der Waals surface area contributed by atoms with Gasteiger partial charge in [-0.25, -0.2) is 0 Å². The van der Waals surface area contributed by atoms with Crippen molar-refractivity contribution in [1.82, 2.24) is 5.32 Å². The maximum Gasteiger partial charge on any atom is 0.0637 e. The average molecular weight is 292 g/mol. The molecule has 3 heteroatoms. The molecule has 1 aromatic rings. The van der Waals surface area contributed by atoms with Crippen LogP contribution in [-0.2, 0) is 11.3 Å². The van der Waals surface area contributed by atoms with Gasteiger partial charge >= 0.3 is 0 Å². The van der Waals surface area contributed by atoms with E-state index >= 15 is 0 Å². The van der Waals surface area contributed by atoms with Crippen LogP contribution in [0.1, 0.15) is 44.7 Å². The second-order valence-corrected chi connectivity index (χ2v) is 5.57.